The quantitative estimate of drug-likeness (QED) is 0.910. The summed E-state index contributed by atoms with van der Waals surface area (Å²) in [6.45, 7) is 4.10. The lowest BCUT2D eigenvalue weighted by atomic mass is 10.0. The number of ether oxygens (including phenoxy) is 1. The zero-order chi connectivity index (χ0) is 14.7. The van der Waals surface area contributed by atoms with E-state index >= 15 is 0 Å². The molecule has 2 N–H and O–H groups in total. The first kappa shape index (κ1) is 15.1. The summed E-state index contributed by atoms with van der Waals surface area (Å²) >= 11 is 3.49. The van der Waals surface area contributed by atoms with E-state index in [4.69, 9.17) is 10.5 Å². The van der Waals surface area contributed by atoms with Crippen LogP contribution in [0, 0.1) is 6.92 Å². The molecular formula is C15H20BrN3O. The van der Waals surface area contributed by atoms with Gasteiger partial charge in [-0.15, -0.1) is 0 Å². The molecule has 1 aromatic carbocycles. The molecule has 0 bridgehead atoms. The van der Waals surface area contributed by atoms with Gasteiger partial charge in [-0.25, -0.2) is 0 Å². The Balaban J connectivity index is 2.25. The molecule has 0 spiro atoms. The Hall–Kier alpha value is -1.33. The number of aryl methyl sites for hydroxylation is 2. The van der Waals surface area contributed by atoms with Gasteiger partial charge in [-0.2, -0.15) is 5.10 Å². The van der Waals surface area contributed by atoms with E-state index in [1.54, 1.807) is 4.68 Å². The molecule has 108 valence electrons. The van der Waals surface area contributed by atoms with E-state index in [-0.39, 0.29) is 12.1 Å². The molecule has 0 aliphatic carbocycles. The molecule has 0 aliphatic heterocycles. The van der Waals surface area contributed by atoms with Crippen LogP contribution in [0.4, 0.5) is 0 Å². The van der Waals surface area contributed by atoms with Crippen LogP contribution in [-0.4, -0.2) is 15.8 Å². The summed E-state index contributed by atoms with van der Waals surface area (Å²) in [6.07, 6.45) is 4.42. The molecule has 0 radical (unpaired) electrons. The molecule has 20 heavy (non-hydrogen) atoms. The molecule has 2 atom stereocenters. The van der Waals surface area contributed by atoms with E-state index in [0.29, 0.717) is 0 Å². The Morgan fingerprint density at radius 2 is 2.20 bits per heavy atom. The number of nitrogens with zero attached hydrogens (tertiary/aromatic N) is 2. The number of nitrogens with two attached hydrogens (primary N) is 1. The fourth-order valence-electron chi connectivity index (χ4n) is 2.04. The molecule has 0 saturated carbocycles. The molecule has 1 heterocycles. The van der Waals surface area contributed by atoms with Crippen LogP contribution in [0.2, 0.25) is 0 Å². The number of benzene rings is 1. The van der Waals surface area contributed by atoms with Gasteiger partial charge in [-0.05, 0) is 37.1 Å². The van der Waals surface area contributed by atoms with Crippen molar-refractivity contribution in [1.29, 1.82) is 0 Å². The third-order valence-corrected chi connectivity index (χ3v) is 4.20. The number of aromatic nitrogens is 2. The lowest BCUT2D eigenvalue weighted by Gasteiger charge is -2.23. The highest BCUT2D eigenvalue weighted by molar-refractivity contribution is 9.10. The molecular weight excluding hydrogens is 318 g/mol. The smallest absolute Gasteiger partial charge is 0.142 e. The lowest BCUT2D eigenvalue weighted by molar-refractivity contribution is 0.171. The van der Waals surface area contributed by atoms with Crippen molar-refractivity contribution in [2.24, 2.45) is 12.8 Å². The monoisotopic (exact) mass is 337 g/mol. The SMILES string of the molecule is CCC(N)C(Oc1ccc(Br)c(C)c1)c1cnn(C)c1. The molecule has 0 fully saturated rings. The predicted molar refractivity (Wildman–Crippen MR) is 83.7 cm³/mol. The highest BCUT2D eigenvalue weighted by Gasteiger charge is 2.22. The average molecular weight is 338 g/mol. The van der Waals surface area contributed by atoms with E-state index in [1.165, 1.54) is 0 Å². The van der Waals surface area contributed by atoms with Crippen LogP contribution in [0.5, 0.6) is 5.75 Å². The van der Waals surface area contributed by atoms with Gasteiger partial charge < -0.3 is 10.5 Å². The van der Waals surface area contributed by atoms with Crippen LogP contribution in [0.15, 0.2) is 35.1 Å². The minimum absolute atomic E-state index is 0.0665. The number of hydrogen-bond acceptors (Lipinski definition) is 3. The minimum Gasteiger partial charge on any atom is -0.484 e. The number of hydrogen-bond donors (Lipinski definition) is 1. The summed E-state index contributed by atoms with van der Waals surface area (Å²) in [5.41, 5.74) is 8.34. The van der Waals surface area contributed by atoms with Crippen molar-refractivity contribution in [3.8, 4) is 5.75 Å². The van der Waals surface area contributed by atoms with E-state index < -0.39 is 0 Å². The number of halogens is 1. The second-order valence-corrected chi connectivity index (χ2v) is 5.82. The van der Waals surface area contributed by atoms with Crippen molar-refractivity contribution < 1.29 is 4.74 Å². The van der Waals surface area contributed by atoms with Gasteiger partial charge in [0.05, 0.1) is 6.20 Å². The number of rotatable bonds is 5. The van der Waals surface area contributed by atoms with Gasteiger partial charge in [0.1, 0.15) is 11.9 Å². The van der Waals surface area contributed by atoms with Gasteiger partial charge in [-0.1, -0.05) is 22.9 Å². The Kier molecular flexibility index (Phi) is 4.83. The molecule has 0 amide bonds. The van der Waals surface area contributed by atoms with Crippen LogP contribution >= 0.6 is 15.9 Å². The van der Waals surface area contributed by atoms with E-state index in [2.05, 4.69) is 28.0 Å². The molecule has 5 heteroatoms. The topological polar surface area (TPSA) is 53.1 Å². The van der Waals surface area contributed by atoms with Gasteiger partial charge in [0.15, 0.2) is 0 Å². The predicted octanol–water partition coefficient (Wildman–Crippen LogP) is 3.35. The third-order valence-electron chi connectivity index (χ3n) is 3.31. The maximum atomic E-state index is 6.20. The van der Waals surface area contributed by atoms with E-state index in [0.717, 1.165) is 27.8 Å². The maximum Gasteiger partial charge on any atom is 0.142 e. The molecule has 2 unspecified atom stereocenters. The molecule has 4 nitrogen and oxygen atoms in total. The first-order valence-corrected chi connectivity index (χ1v) is 7.47. The van der Waals surface area contributed by atoms with Crippen molar-refractivity contribution in [2.75, 3.05) is 0 Å². The van der Waals surface area contributed by atoms with Crippen LogP contribution < -0.4 is 10.5 Å². The lowest BCUT2D eigenvalue weighted by Crippen LogP contribution is -2.31. The zero-order valence-corrected chi connectivity index (χ0v) is 13.6. The van der Waals surface area contributed by atoms with Crippen molar-refractivity contribution >= 4 is 15.9 Å². The Labute approximate surface area is 128 Å². The summed E-state index contributed by atoms with van der Waals surface area (Å²) in [7, 11) is 1.89. The Morgan fingerprint density at radius 3 is 2.75 bits per heavy atom. The standard InChI is InChI=1S/C15H20BrN3O/c1-4-14(17)15(11-8-18-19(3)9-11)20-12-5-6-13(16)10(2)7-12/h5-9,14-15H,4,17H2,1-3H3. The molecule has 2 rings (SSSR count). The Bertz CT molecular complexity index is 582. The largest absolute Gasteiger partial charge is 0.484 e. The van der Waals surface area contributed by atoms with E-state index in [9.17, 15) is 0 Å². The minimum atomic E-state index is -0.186. The first-order chi connectivity index (χ1) is 9.51. The molecule has 0 saturated heterocycles. The van der Waals surface area contributed by atoms with Gasteiger partial charge in [-0.3, -0.25) is 4.68 Å². The molecule has 0 aliphatic rings. The van der Waals surface area contributed by atoms with Crippen molar-refractivity contribution in [1.82, 2.24) is 9.78 Å². The highest BCUT2D eigenvalue weighted by atomic mass is 79.9. The van der Waals surface area contributed by atoms with Crippen LogP contribution in [-0.2, 0) is 7.05 Å². The van der Waals surface area contributed by atoms with Crippen molar-refractivity contribution in [3.05, 3.63) is 46.2 Å². The fraction of sp³-hybridized carbons (Fsp3) is 0.400. The second kappa shape index (κ2) is 6.41. The average Bonchev–Trinajstić information content (AvgIpc) is 2.85. The van der Waals surface area contributed by atoms with Crippen molar-refractivity contribution in [2.45, 2.75) is 32.4 Å². The van der Waals surface area contributed by atoms with Crippen LogP contribution in [0.3, 0.4) is 0 Å². The zero-order valence-electron chi connectivity index (χ0n) is 12.0. The molecule has 1 aromatic heterocycles. The van der Waals surface area contributed by atoms with Crippen LogP contribution in [0.25, 0.3) is 0 Å². The summed E-state index contributed by atoms with van der Waals surface area (Å²) in [4.78, 5) is 0. The van der Waals surface area contributed by atoms with Gasteiger partial charge in [0, 0.05) is 29.3 Å². The fourth-order valence-corrected chi connectivity index (χ4v) is 2.29. The van der Waals surface area contributed by atoms with Crippen LogP contribution in [0.1, 0.15) is 30.6 Å². The summed E-state index contributed by atoms with van der Waals surface area (Å²) in [5.74, 6) is 0.823. The first-order valence-electron chi connectivity index (χ1n) is 6.68. The normalized spacial score (nSPS) is 14.1. The molecule has 2 aromatic rings. The summed E-state index contributed by atoms with van der Waals surface area (Å²) in [6, 6.07) is 5.88. The van der Waals surface area contributed by atoms with Gasteiger partial charge in [0.25, 0.3) is 0 Å². The third kappa shape index (κ3) is 3.41. The maximum absolute atomic E-state index is 6.20. The van der Waals surface area contributed by atoms with Gasteiger partial charge in [0.2, 0.25) is 0 Å². The Morgan fingerprint density at radius 1 is 1.45 bits per heavy atom. The van der Waals surface area contributed by atoms with E-state index in [1.807, 2.05) is 44.6 Å². The summed E-state index contributed by atoms with van der Waals surface area (Å²) < 4.78 is 8.94. The summed E-state index contributed by atoms with van der Waals surface area (Å²) in [5, 5.41) is 4.20. The van der Waals surface area contributed by atoms with Crippen molar-refractivity contribution in [3.63, 3.8) is 0 Å². The second-order valence-electron chi connectivity index (χ2n) is 4.97. The highest BCUT2D eigenvalue weighted by Crippen LogP contribution is 2.28. The van der Waals surface area contributed by atoms with Gasteiger partial charge >= 0.3 is 0 Å².